The van der Waals surface area contributed by atoms with Gasteiger partial charge in [-0.2, -0.15) is 0 Å². The van der Waals surface area contributed by atoms with Crippen molar-refractivity contribution in [1.82, 2.24) is 9.55 Å². The van der Waals surface area contributed by atoms with Gasteiger partial charge in [0.05, 0.1) is 45.6 Å². The summed E-state index contributed by atoms with van der Waals surface area (Å²) in [6.07, 6.45) is 3.29. The van der Waals surface area contributed by atoms with Crippen molar-refractivity contribution in [2.24, 2.45) is 0 Å². The van der Waals surface area contributed by atoms with Gasteiger partial charge in [-0.1, -0.05) is 45.9 Å². The number of halogens is 1. The van der Waals surface area contributed by atoms with Gasteiger partial charge >= 0.3 is 0 Å². The lowest BCUT2D eigenvalue weighted by molar-refractivity contribution is -0.123. The molecule has 0 aliphatic heterocycles. The summed E-state index contributed by atoms with van der Waals surface area (Å²) in [6.45, 7) is 8.55. The monoisotopic (exact) mass is 565 g/mol. The fourth-order valence-electron chi connectivity index (χ4n) is 3.90. The van der Waals surface area contributed by atoms with Crippen LogP contribution in [0.25, 0.3) is 0 Å². The number of imidazole rings is 1. The average Bonchev–Trinajstić information content (AvgIpc) is 3.44. The first-order chi connectivity index (χ1) is 20.0. The SMILES string of the molecule is CC.CC.COc1ccc(CN(C(=O)COCc2cncn2Cc2cccc(F)c2)c2cccc(O)c2)c(OC)c1. The van der Waals surface area contributed by atoms with Crippen LogP contribution in [0.2, 0.25) is 0 Å². The molecule has 1 heterocycles. The summed E-state index contributed by atoms with van der Waals surface area (Å²) < 4.78 is 31.9. The number of hydrogen-bond acceptors (Lipinski definition) is 6. The summed E-state index contributed by atoms with van der Waals surface area (Å²) >= 11 is 0. The van der Waals surface area contributed by atoms with E-state index < -0.39 is 0 Å². The maximum absolute atomic E-state index is 13.5. The summed E-state index contributed by atoms with van der Waals surface area (Å²) in [5, 5.41) is 10.0. The number of carbonyl (C=O) groups excluding carboxylic acids is 1. The largest absolute Gasteiger partial charge is 0.508 e. The standard InChI is InChI=1S/C28H28FN3O5.2C2H6/c1-35-26-10-9-21(27(13-26)36-2)16-32(23-7-4-8-25(33)12-23)28(34)18-37-17-24-14-30-19-31(24)15-20-5-3-6-22(29)11-20;2*1-2/h3-14,19,33H,15-18H2,1-2H3;2*1-2H3. The molecule has 0 aliphatic carbocycles. The number of hydrogen-bond donors (Lipinski definition) is 1. The number of aromatic nitrogens is 2. The highest BCUT2D eigenvalue weighted by atomic mass is 19.1. The van der Waals surface area contributed by atoms with Crippen molar-refractivity contribution in [3.63, 3.8) is 0 Å². The number of phenolic OH excluding ortho intramolecular Hbond substituents is 1. The van der Waals surface area contributed by atoms with Crippen LogP contribution in [0.3, 0.4) is 0 Å². The number of amides is 1. The highest BCUT2D eigenvalue weighted by molar-refractivity contribution is 5.94. The quantitative estimate of drug-likeness (QED) is 0.221. The van der Waals surface area contributed by atoms with Crippen LogP contribution >= 0.6 is 0 Å². The molecule has 9 heteroatoms. The molecule has 1 amide bonds. The molecule has 0 saturated heterocycles. The Morgan fingerprint density at radius 3 is 2.41 bits per heavy atom. The zero-order valence-corrected chi connectivity index (χ0v) is 24.6. The fourth-order valence-corrected chi connectivity index (χ4v) is 3.90. The number of benzene rings is 3. The Morgan fingerprint density at radius 2 is 1.73 bits per heavy atom. The van der Waals surface area contributed by atoms with Crippen molar-refractivity contribution >= 4 is 11.6 Å². The van der Waals surface area contributed by atoms with Gasteiger partial charge in [0.1, 0.15) is 29.7 Å². The highest BCUT2D eigenvalue weighted by Gasteiger charge is 2.20. The second-order valence-corrected chi connectivity index (χ2v) is 8.31. The number of ether oxygens (including phenoxy) is 3. The molecule has 0 atom stereocenters. The lowest BCUT2D eigenvalue weighted by Crippen LogP contribution is -2.33. The molecule has 0 saturated carbocycles. The highest BCUT2D eigenvalue weighted by Crippen LogP contribution is 2.29. The zero-order chi connectivity index (χ0) is 30.2. The molecular weight excluding hydrogens is 525 g/mol. The van der Waals surface area contributed by atoms with E-state index in [1.54, 1.807) is 57.1 Å². The van der Waals surface area contributed by atoms with Crippen LogP contribution < -0.4 is 14.4 Å². The molecule has 220 valence electrons. The molecule has 41 heavy (non-hydrogen) atoms. The normalized spacial score (nSPS) is 10.0. The molecule has 0 fully saturated rings. The second-order valence-electron chi connectivity index (χ2n) is 8.31. The Balaban J connectivity index is 0.00000141. The van der Waals surface area contributed by atoms with E-state index in [9.17, 15) is 14.3 Å². The van der Waals surface area contributed by atoms with Crippen LogP contribution in [0.4, 0.5) is 10.1 Å². The lowest BCUT2D eigenvalue weighted by Gasteiger charge is -2.24. The Bertz CT molecular complexity index is 1360. The van der Waals surface area contributed by atoms with E-state index in [0.29, 0.717) is 23.7 Å². The molecule has 0 radical (unpaired) electrons. The van der Waals surface area contributed by atoms with Gasteiger partial charge in [-0.15, -0.1) is 0 Å². The van der Waals surface area contributed by atoms with Gasteiger partial charge < -0.3 is 28.8 Å². The van der Waals surface area contributed by atoms with E-state index in [4.69, 9.17) is 14.2 Å². The van der Waals surface area contributed by atoms with Crippen LogP contribution in [0.15, 0.2) is 79.3 Å². The molecule has 0 aliphatic rings. The third-order valence-electron chi connectivity index (χ3n) is 5.78. The van der Waals surface area contributed by atoms with Crippen LogP contribution in [-0.4, -0.2) is 41.4 Å². The third-order valence-corrected chi connectivity index (χ3v) is 5.78. The first kappa shape index (κ1) is 32.8. The number of anilines is 1. The Kier molecular flexibility index (Phi) is 13.9. The zero-order valence-electron chi connectivity index (χ0n) is 24.6. The van der Waals surface area contributed by atoms with Gasteiger partial charge in [0.15, 0.2) is 0 Å². The fraction of sp³-hybridized carbons (Fsp3) is 0.312. The van der Waals surface area contributed by atoms with Crippen molar-refractivity contribution in [1.29, 1.82) is 0 Å². The van der Waals surface area contributed by atoms with E-state index in [1.807, 2.05) is 44.4 Å². The van der Waals surface area contributed by atoms with Crippen molar-refractivity contribution < 1.29 is 28.5 Å². The van der Waals surface area contributed by atoms with Crippen molar-refractivity contribution in [3.8, 4) is 17.2 Å². The molecule has 8 nitrogen and oxygen atoms in total. The number of aromatic hydroxyl groups is 1. The summed E-state index contributed by atoms with van der Waals surface area (Å²) in [7, 11) is 3.12. The van der Waals surface area contributed by atoms with E-state index in [2.05, 4.69) is 4.98 Å². The molecule has 0 unspecified atom stereocenters. The Labute approximate surface area is 241 Å². The molecular formula is C32H40FN3O5. The van der Waals surface area contributed by atoms with Crippen molar-refractivity contribution in [2.75, 3.05) is 25.7 Å². The van der Waals surface area contributed by atoms with Crippen LogP contribution in [0.5, 0.6) is 17.2 Å². The van der Waals surface area contributed by atoms with Gasteiger partial charge in [0.2, 0.25) is 0 Å². The summed E-state index contributed by atoms with van der Waals surface area (Å²) in [5.41, 5.74) is 2.81. The van der Waals surface area contributed by atoms with Gasteiger partial charge in [-0.3, -0.25) is 4.79 Å². The Hall–Kier alpha value is -4.37. The van der Waals surface area contributed by atoms with Crippen LogP contribution in [0, 0.1) is 5.82 Å². The number of phenols is 1. The summed E-state index contributed by atoms with van der Waals surface area (Å²) in [6, 6.07) is 18.2. The topological polar surface area (TPSA) is 86.0 Å². The third kappa shape index (κ3) is 9.65. The number of nitrogens with zero attached hydrogens (tertiary/aromatic N) is 3. The predicted octanol–water partition coefficient (Wildman–Crippen LogP) is 6.60. The van der Waals surface area contributed by atoms with Gasteiger partial charge in [0.25, 0.3) is 5.91 Å². The maximum Gasteiger partial charge on any atom is 0.253 e. The summed E-state index contributed by atoms with van der Waals surface area (Å²) in [5.74, 6) is 0.633. The molecule has 1 N–H and O–H groups in total. The number of carbonyl (C=O) groups is 1. The minimum absolute atomic E-state index is 0.0409. The number of rotatable bonds is 11. The van der Waals surface area contributed by atoms with E-state index in [0.717, 1.165) is 16.8 Å². The van der Waals surface area contributed by atoms with E-state index >= 15 is 0 Å². The first-order valence-electron chi connectivity index (χ1n) is 13.6. The minimum atomic E-state index is -0.306. The second kappa shape index (κ2) is 17.3. The van der Waals surface area contributed by atoms with Gasteiger partial charge in [0, 0.05) is 29.9 Å². The molecule has 4 rings (SSSR count). The first-order valence-corrected chi connectivity index (χ1v) is 13.6. The predicted molar refractivity (Wildman–Crippen MR) is 159 cm³/mol. The van der Waals surface area contributed by atoms with Crippen molar-refractivity contribution in [3.05, 3.63) is 102 Å². The molecule has 4 aromatic rings. The molecule has 0 spiro atoms. The van der Waals surface area contributed by atoms with Gasteiger partial charge in [-0.25, -0.2) is 9.37 Å². The van der Waals surface area contributed by atoms with Gasteiger partial charge in [-0.05, 0) is 42.0 Å². The van der Waals surface area contributed by atoms with Crippen LogP contribution in [0.1, 0.15) is 44.5 Å². The molecule has 3 aromatic carbocycles. The van der Waals surface area contributed by atoms with E-state index in [1.165, 1.54) is 29.2 Å². The lowest BCUT2D eigenvalue weighted by atomic mass is 10.1. The van der Waals surface area contributed by atoms with Crippen molar-refractivity contribution in [2.45, 2.75) is 47.4 Å². The van der Waals surface area contributed by atoms with E-state index in [-0.39, 0.29) is 37.2 Å². The summed E-state index contributed by atoms with van der Waals surface area (Å²) in [4.78, 5) is 19.0. The molecule has 1 aromatic heterocycles. The Morgan fingerprint density at radius 1 is 0.976 bits per heavy atom. The molecule has 0 bridgehead atoms. The maximum atomic E-state index is 13.5. The number of methoxy groups -OCH3 is 2. The van der Waals surface area contributed by atoms with Crippen LogP contribution in [-0.2, 0) is 29.2 Å². The minimum Gasteiger partial charge on any atom is -0.508 e. The smallest absolute Gasteiger partial charge is 0.253 e. The average molecular weight is 566 g/mol.